The van der Waals surface area contributed by atoms with Crippen LogP contribution in [0.1, 0.15) is 62.8 Å². The molecule has 0 radical (unpaired) electrons. The molecule has 0 saturated heterocycles. The van der Waals surface area contributed by atoms with Crippen LogP contribution >= 0.6 is 0 Å². The summed E-state index contributed by atoms with van der Waals surface area (Å²) in [5, 5.41) is 5.56. The summed E-state index contributed by atoms with van der Waals surface area (Å²) < 4.78 is 0. The van der Waals surface area contributed by atoms with Crippen molar-refractivity contribution in [1.82, 2.24) is 0 Å². The first-order valence-corrected chi connectivity index (χ1v) is 11.7. The molecule has 0 aromatic heterocycles. The number of fused-ring (bicyclic) bond motifs is 2. The third-order valence-corrected chi connectivity index (χ3v) is 5.99. The minimum atomic E-state index is 1.13. The van der Waals surface area contributed by atoms with Gasteiger partial charge in [-0.1, -0.05) is 113 Å². The Bertz CT molecular complexity index is 1050. The first-order valence-electron chi connectivity index (χ1n) is 11.7. The van der Waals surface area contributed by atoms with E-state index in [9.17, 15) is 0 Å². The van der Waals surface area contributed by atoms with E-state index in [1.807, 2.05) is 0 Å². The Morgan fingerprint density at radius 3 is 1.57 bits per heavy atom. The van der Waals surface area contributed by atoms with Gasteiger partial charge in [0.15, 0.2) is 0 Å². The van der Waals surface area contributed by atoms with Crippen LogP contribution in [0.3, 0.4) is 0 Å². The lowest BCUT2D eigenvalue weighted by Gasteiger charge is -2.11. The van der Waals surface area contributed by atoms with Gasteiger partial charge in [0.2, 0.25) is 0 Å². The largest absolute Gasteiger partial charge is 0.0651 e. The summed E-state index contributed by atoms with van der Waals surface area (Å²) in [5.74, 6) is 0. The fourth-order valence-electron chi connectivity index (χ4n) is 4.42. The van der Waals surface area contributed by atoms with Gasteiger partial charge in [-0.3, -0.25) is 0 Å². The molecule has 0 bridgehead atoms. The predicted molar refractivity (Wildman–Crippen MR) is 135 cm³/mol. The average molecular weight is 397 g/mol. The highest BCUT2D eigenvalue weighted by Crippen LogP contribution is 2.25. The maximum atomic E-state index is 2.33. The third-order valence-electron chi connectivity index (χ3n) is 5.99. The van der Waals surface area contributed by atoms with E-state index in [1.54, 1.807) is 11.1 Å². The second-order valence-corrected chi connectivity index (χ2v) is 8.10. The average Bonchev–Trinajstić information content (AvgIpc) is 2.80. The summed E-state index contributed by atoms with van der Waals surface area (Å²) in [7, 11) is 0. The van der Waals surface area contributed by atoms with Gasteiger partial charge in [0, 0.05) is 0 Å². The number of hydrogen-bond donors (Lipinski definition) is 0. The molecule has 0 amide bonds. The van der Waals surface area contributed by atoms with E-state index in [1.165, 1.54) is 58.4 Å². The summed E-state index contributed by atoms with van der Waals surface area (Å²) in [4.78, 5) is 0. The van der Waals surface area contributed by atoms with Crippen LogP contribution in [0.2, 0.25) is 0 Å². The Kier molecular flexibility index (Phi) is 8.08. The molecule has 156 valence electrons. The Morgan fingerprint density at radius 1 is 0.500 bits per heavy atom. The lowest BCUT2D eigenvalue weighted by atomic mass is 9.93. The third kappa shape index (κ3) is 5.11. The van der Waals surface area contributed by atoms with Gasteiger partial charge in [0.25, 0.3) is 0 Å². The molecule has 0 aliphatic heterocycles. The molecule has 0 nitrogen and oxygen atoms in total. The summed E-state index contributed by atoms with van der Waals surface area (Å²) in [5.41, 5.74) is 6.10. The molecule has 0 aliphatic carbocycles. The number of hydrogen-bond acceptors (Lipinski definition) is 0. The molecule has 4 rings (SSSR count). The number of benzene rings is 4. The minimum Gasteiger partial charge on any atom is -0.0651 e. The van der Waals surface area contributed by atoms with E-state index >= 15 is 0 Å². The van der Waals surface area contributed by atoms with Crippen LogP contribution in [0.4, 0.5) is 0 Å². The van der Waals surface area contributed by atoms with Gasteiger partial charge in [0.05, 0.1) is 0 Å². The van der Waals surface area contributed by atoms with Crippen LogP contribution in [0.5, 0.6) is 0 Å². The van der Waals surface area contributed by atoms with Crippen molar-refractivity contribution < 1.29 is 0 Å². The van der Waals surface area contributed by atoms with Gasteiger partial charge in [-0.05, 0) is 69.5 Å². The van der Waals surface area contributed by atoms with Crippen molar-refractivity contribution in [2.75, 3.05) is 0 Å². The van der Waals surface area contributed by atoms with Gasteiger partial charge >= 0.3 is 0 Å². The molecule has 0 heteroatoms. The van der Waals surface area contributed by atoms with Crippen LogP contribution in [0.25, 0.3) is 21.5 Å². The second-order valence-electron chi connectivity index (χ2n) is 8.10. The van der Waals surface area contributed by atoms with Gasteiger partial charge in [-0.25, -0.2) is 0 Å². The van der Waals surface area contributed by atoms with E-state index in [0.29, 0.717) is 0 Å². The van der Waals surface area contributed by atoms with Gasteiger partial charge in [-0.15, -0.1) is 0 Å². The van der Waals surface area contributed by atoms with Gasteiger partial charge < -0.3 is 0 Å². The quantitative estimate of drug-likeness (QED) is 0.306. The lowest BCUT2D eigenvalue weighted by Crippen LogP contribution is -1.95. The molecule has 0 heterocycles. The monoisotopic (exact) mass is 396 g/mol. The van der Waals surface area contributed by atoms with E-state index in [2.05, 4.69) is 100 Å². The fourth-order valence-corrected chi connectivity index (χ4v) is 4.42. The Morgan fingerprint density at radius 2 is 1.03 bits per heavy atom. The molecule has 4 aromatic rings. The zero-order valence-corrected chi connectivity index (χ0v) is 19.2. The predicted octanol–water partition coefficient (Wildman–Crippen LogP) is 8.71. The summed E-state index contributed by atoms with van der Waals surface area (Å²) in [6, 6.07) is 26.6. The van der Waals surface area contributed by atoms with Crippen LogP contribution in [-0.4, -0.2) is 0 Å². The highest BCUT2D eigenvalue weighted by molar-refractivity contribution is 5.87. The van der Waals surface area contributed by atoms with Crippen molar-refractivity contribution in [3.05, 3.63) is 95.1 Å². The fraction of sp³-hybridized carbons (Fsp3) is 0.333. The van der Waals surface area contributed by atoms with E-state index in [-0.39, 0.29) is 0 Å². The molecule has 0 unspecified atom stereocenters. The molecule has 0 saturated carbocycles. The van der Waals surface area contributed by atoms with Crippen LogP contribution in [0.15, 0.2) is 72.8 Å². The van der Waals surface area contributed by atoms with E-state index < -0.39 is 0 Å². The maximum absolute atomic E-state index is 2.33. The zero-order valence-electron chi connectivity index (χ0n) is 19.2. The Labute approximate surface area is 183 Å². The molecule has 0 fully saturated rings. The lowest BCUT2D eigenvalue weighted by molar-refractivity contribution is 0.868. The molecule has 0 aliphatic rings. The summed E-state index contributed by atoms with van der Waals surface area (Å²) >= 11 is 0. The first kappa shape index (κ1) is 22.1. The maximum Gasteiger partial charge on any atom is -0.0149 e. The van der Waals surface area contributed by atoms with Crippen LogP contribution in [-0.2, 0) is 25.7 Å². The highest BCUT2D eigenvalue weighted by atomic mass is 14.1. The van der Waals surface area contributed by atoms with Crippen molar-refractivity contribution in [3.63, 3.8) is 0 Å². The normalized spacial score (nSPS) is 10.8. The van der Waals surface area contributed by atoms with Crippen molar-refractivity contribution in [2.45, 2.75) is 66.2 Å². The highest BCUT2D eigenvalue weighted by Gasteiger charge is 2.05. The number of rotatable bonds is 6. The minimum absolute atomic E-state index is 1.13. The van der Waals surface area contributed by atoms with Crippen molar-refractivity contribution in [1.29, 1.82) is 0 Å². The van der Waals surface area contributed by atoms with Gasteiger partial charge in [0.1, 0.15) is 0 Å². The van der Waals surface area contributed by atoms with Gasteiger partial charge in [-0.2, -0.15) is 0 Å². The van der Waals surface area contributed by atoms with Crippen molar-refractivity contribution >= 4 is 21.5 Å². The SMILES string of the molecule is CCCc1ccc2ccccc2c1CCC.CCc1cc2ccccc2cc1CC. The molecule has 30 heavy (non-hydrogen) atoms. The molecular weight excluding hydrogens is 360 g/mol. The smallest absolute Gasteiger partial charge is 0.0149 e. The van der Waals surface area contributed by atoms with Crippen molar-refractivity contribution in [3.8, 4) is 0 Å². The Balaban J connectivity index is 0.000000172. The molecular formula is C30H36. The summed E-state index contributed by atoms with van der Waals surface area (Å²) in [6.07, 6.45) is 7.14. The van der Waals surface area contributed by atoms with Crippen LogP contribution in [0, 0.1) is 0 Å². The van der Waals surface area contributed by atoms with E-state index in [0.717, 1.165) is 12.8 Å². The zero-order chi connectivity index (χ0) is 21.3. The topological polar surface area (TPSA) is 0 Å². The van der Waals surface area contributed by atoms with Crippen LogP contribution < -0.4 is 0 Å². The second kappa shape index (κ2) is 11.0. The Hall–Kier alpha value is -2.60. The number of aryl methyl sites for hydroxylation is 4. The first-order chi connectivity index (χ1) is 14.7. The molecule has 0 N–H and O–H groups in total. The molecule has 4 aromatic carbocycles. The van der Waals surface area contributed by atoms with E-state index in [4.69, 9.17) is 0 Å². The summed E-state index contributed by atoms with van der Waals surface area (Å²) in [6.45, 7) is 8.97. The molecule has 0 atom stereocenters. The standard InChI is InChI=1S/C16H20.C14H16/c1-3-7-13-11-12-14-9-5-6-10-16(14)15(13)8-4-2;1-3-11-9-13-7-5-6-8-14(13)10-12(11)4-2/h5-6,9-12H,3-4,7-8H2,1-2H3;5-10H,3-4H2,1-2H3. The molecule has 0 spiro atoms. The van der Waals surface area contributed by atoms with Crippen molar-refractivity contribution in [2.24, 2.45) is 0 Å².